The van der Waals surface area contributed by atoms with E-state index in [9.17, 15) is 49.2 Å². The fraction of sp³-hybridized carbons (Fsp3) is 0.659. The van der Waals surface area contributed by atoms with Gasteiger partial charge in [0, 0.05) is 38.6 Å². The van der Waals surface area contributed by atoms with Crippen LogP contribution in [0.4, 0.5) is 5.69 Å². The summed E-state index contributed by atoms with van der Waals surface area (Å²) in [6.07, 6.45) is -6.96. The SMILES string of the molecule is CC(=O)OCc1ccc(O[C@@H]2O[C@H](C(=O)O)[C@@H](O)[C@H](O)[C@H]2O)c(NC(=O)CCOCCOCCOCCOCCOCCOCCOCCOCCNC(=O)CCN2C(=O)C=CC2=O)c1. The van der Waals surface area contributed by atoms with Crippen molar-refractivity contribution in [1.82, 2.24) is 10.2 Å². The van der Waals surface area contributed by atoms with Crippen molar-refractivity contribution in [3.8, 4) is 5.75 Å². The van der Waals surface area contributed by atoms with Crippen LogP contribution in [0, 0.1) is 0 Å². The third kappa shape index (κ3) is 22.4. The summed E-state index contributed by atoms with van der Waals surface area (Å²) in [6, 6.07) is 4.31. The Morgan fingerprint density at radius 1 is 0.646 bits per heavy atom. The molecular weight excluding hydrogens is 870 g/mol. The first-order chi connectivity index (χ1) is 31.4. The molecule has 1 aromatic carbocycles. The van der Waals surface area contributed by atoms with Crippen LogP contribution >= 0.6 is 0 Å². The Morgan fingerprint density at radius 2 is 1.14 bits per heavy atom. The molecule has 5 atom stereocenters. The summed E-state index contributed by atoms with van der Waals surface area (Å²) in [4.78, 5) is 71.3. The summed E-state index contributed by atoms with van der Waals surface area (Å²) in [5, 5.41) is 45.1. The molecule has 0 aromatic heterocycles. The van der Waals surface area contributed by atoms with Gasteiger partial charge in [-0.05, 0) is 17.7 Å². The Kier molecular flexibility index (Phi) is 26.9. The summed E-state index contributed by atoms with van der Waals surface area (Å²) >= 11 is 0. The minimum absolute atomic E-state index is 0.0265. The van der Waals surface area contributed by atoms with Crippen LogP contribution in [0.3, 0.4) is 0 Å². The highest BCUT2D eigenvalue weighted by Gasteiger charge is 2.48. The monoisotopic (exact) mass is 931 g/mol. The number of hydrogen-bond donors (Lipinski definition) is 6. The number of benzene rings is 1. The van der Waals surface area contributed by atoms with Gasteiger partial charge in [-0.2, -0.15) is 0 Å². The number of rotatable bonds is 36. The number of nitrogens with zero attached hydrogens (tertiary/aromatic N) is 1. The smallest absolute Gasteiger partial charge is 0.335 e. The van der Waals surface area contributed by atoms with Crippen molar-refractivity contribution >= 4 is 41.3 Å². The molecule has 366 valence electrons. The third-order valence-electron chi connectivity index (χ3n) is 8.93. The topological polar surface area (TPSA) is 312 Å². The Morgan fingerprint density at radius 3 is 1.63 bits per heavy atom. The van der Waals surface area contributed by atoms with Gasteiger partial charge in [-0.15, -0.1) is 0 Å². The lowest BCUT2D eigenvalue weighted by Crippen LogP contribution is -2.61. The van der Waals surface area contributed by atoms with Crippen molar-refractivity contribution in [3.05, 3.63) is 35.9 Å². The first-order valence-corrected chi connectivity index (χ1v) is 20.9. The van der Waals surface area contributed by atoms with Gasteiger partial charge in [0.15, 0.2) is 6.10 Å². The molecule has 0 aliphatic carbocycles. The molecule has 2 aliphatic heterocycles. The molecule has 6 N–H and O–H groups in total. The number of imide groups is 1. The number of carbonyl (C=O) groups excluding carboxylic acids is 5. The van der Waals surface area contributed by atoms with Gasteiger partial charge in [0.05, 0.1) is 118 Å². The van der Waals surface area contributed by atoms with Gasteiger partial charge in [0.2, 0.25) is 18.1 Å². The maximum atomic E-state index is 12.8. The number of esters is 1. The highest BCUT2D eigenvalue weighted by molar-refractivity contribution is 6.13. The Hall–Kier alpha value is -4.70. The van der Waals surface area contributed by atoms with Crippen molar-refractivity contribution in [3.63, 3.8) is 0 Å². The molecule has 2 aliphatic rings. The Balaban J connectivity index is 1.09. The third-order valence-corrected chi connectivity index (χ3v) is 8.93. The minimum Gasteiger partial charge on any atom is -0.479 e. The molecular formula is C41H61N3O21. The molecule has 24 heteroatoms. The number of anilines is 1. The molecule has 3 rings (SSSR count). The molecule has 2 heterocycles. The number of carboxylic acid groups (broad SMARTS) is 1. The normalized spacial score (nSPS) is 19.4. The minimum atomic E-state index is -1.92. The van der Waals surface area contributed by atoms with Gasteiger partial charge in [0.25, 0.3) is 11.8 Å². The fourth-order valence-corrected chi connectivity index (χ4v) is 5.56. The lowest BCUT2D eigenvalue weighted by molar-refractivity contribution is -0.271. The van der Waals surface area contributed by atoms with Crippen LogP contribution in [0.5, 0.6) is 5.75 Å². The molecule has 24 nitrogen and oxygen atoms in total. The lowest BCUT2D eigenvalue weighted by atomic mass is 9.99. The molecule has 0 bridgehead atoms. The van der Waals surface area contributed by atoms with Crippen LogP contribution in [0.15, 0.2) is 30.4 Å². The molecule has 4 amide bonds. The molecule has 0 spiro atoms. The van der Waals surface area contributed by atoms with Gasteiger partial charge in [0.1, 0.15) is 30.7 Å². The Labute approximate surface area is 375 Å². The summed E-state index contributed by atoms with van der Waals surface area (Å²) < 4.78 is 59.4. The predicted octanol–water partition coefficient (Wildman–Crippen LogP) is -2.09. The number of carbonyl (C=O) groups is 6. The molecule has 1 fully saturated rings. The second-order valence-corrected chi connectivity index (χ2v) is 13.9. The van der Waals surface area contributed by atoms with E-state index in [0.717, 1.165) is 4.90 Å². The van der Waals surface area contributed by atoms with E-state index in [1.807, 2.05) is 0 Å². The zero-order chi connectivity index (χ0) is 47.2. The molecule has 1 saturated heterocycles. The number of aliphatic carboxylic acids is 1. The standard InChI is InChI=1S/C41H61N3O21/c1-28(45)63-27-29-2-3-31(64-41-38(52)36(50)37(51)39(65-41)40(53)54)30(26-29)43-33(47)7-10-55-12-14-57-16-18-59-20-22-61-24-25-62-23-21-60-19-17-58-15-13-56-11-8-42-32(46)6-9-44-34(48)4-5-35(44)49/h2-5,26,36-39,41,50-52H,6-25,27H2,1H3,(H,42,46)(H,43,47)(H,53,54)/t36-,37-,38+,39-,41+/m0/s1. The summed E-state index contributed by atoms with van der Waals surface area (Å²) in [6.45, 7) is 6.73. The number of hydrogen-bond acceptors (Lipinski definition) is 20. The second-order valence-electron chi connectivity index (χ2n) is 13.9. The van der Waals surface area contributed by atoms with Crippen LogP contribution in [-0.2, 0) is 82.7 Å². The average Bonchev–Trinajstić information content (AvgIpc) is 3.60. The van der Waals surface area contributed by atoms with Gasteiger partial charge < -0.3 is 83.2 Å². The van der Waals surface area contributed by atoms with E-state index < -0.39 is 60.4 Å². The zero-order valence-corrected chi connectivity index (χ0v) is 36.3. The maximum absolute atomic E-state index is 12.8. The molecule has 0 unspecified atom stereocenters. The largest absolute Gasteiger partial charge is 0.479 e. The van der Waals surface area contributed by atoms with E-state index in [1.54, 1.807) is 0 Å². The zero-order valence-electron chi connectivity index (χ0n) is 36.3. The number of aliphatic hydroxyl groups excluding tert-OH is 3. The first kappa shape index (κ1) is 54.6. The number of nitrogens with one attached hydrogen (secondary N) is 2. The van der Waals surface area contributed by atoms with E-state index in [0.29, 0.717) is 98.0 Å². The van der Waals surface area contributed by atoms with Crippen molar-refractivity contribution in [2.45, 2.75) is 57.1 Å². The average molecular weight is 932 g/mol. The predicted molar refractivity (Wildman–Crippen MR) is 220 cm³/mol. The molecule has 0 radical (unpaired) electrons. The summed E-state index contributed by atoms with van der Waals surface area (Å²) in [5.74, 6) is -3.80. The van der Waals surface area contributed by atoms with E-state index in [4.69, 9.17) is 52.1 Å². The van der Waals surface area contributed by atoms with Crippen molar-refractivity contribution in [2.75, 3.05) is 124 Å². The van der Waals surface area contributed by atoms with E-state index in [2.05, 4.69) is 10.6 Å². The molecule has 1 aromatic rings. The van der Waals surface area contributed by atoms with Crippen LogP contribution in [0.25, 0.3) is 0 Å². The van der Waals surface area contributed by atoms with Crippen LogP contribution in [0.1, 0.15) is 25.3 Å². The van der Waals surface area contributed by atoms with Gasteiger partial charge in [-0.25, -0.2) is 4.79 Å². The number of aliphatic hydroxyl groups is 3. The summed E-state index contributed by atoms with van der Waals surface area (Å²) in [5.41, 5.74) is 0.532. The highest BCUT2D eigenvalue weighted by atomic mass is 16.7. The van der Waals surface area contributed by atoms with Gasteiger partial charge >= 0.3 is 11.9 Å². The highest BCUT2D eigenvalue weighted by Crippen LogP contribution is 2.31. The summed E-state index contributed by atoms with van der Waals surface area (Å²) in [7, 11) is 0. The number of amides is 4. The quantitative estimate of drug-likeness (QED) is 0.0239. The number of ether oxygens (including phenoxy) is 11. The first-order valence-electron chi connectivity index (χ1n) is 20.9. The van der Waals surface area contributed by atoms with Crippen molar-refractivity contribution in [2.24, 2.45) is 0 Å². The van der Waals surface area contributed by atoms with Gasteiger partial charge in [-0.3, -0.25) is 28.9 Å². The Bertz CT molecular complexity index is 1630. The van der Waals surface area contributed by atoms with Crippen LogP contribution in [-0.4, -0.2) is 210 Å². The second kappa shape index (κ2) is 32.1. The van der Waals surface area contributed by atoms with Crippen molar-refractivity contribution in [1.29, 1.82) is 0 Å². The number of carboxylic acids is 1. The van der Waals surface area contributed by atoms with E-state index in [-0.39, 0.29) is 63.2 Å². The fourth-order valence-electron chi connectivity index (χ4n) is 5.56. The molecule has 65 heavy (non-hydrogen) atoms. The van der Waals surface area contributed by atoms with Gasteiger partial charge in [-0.1, -0.05) is 6.07 Å². The van der Waals surface area contributed by atoms with Crippen LogP contribution < -0.4 is 15.4 Å². The van der Waals surface area contributed by atoms with Crippen molar-refractivity contribution < 1.29 is 101 Å². The molecule has 0 saturated carbocycles. The lowest BCUT2D eigenvalue weighted by Gasteiger charge is -2.38. The van der Waals surface area contributed by atoms with Crippen LogP contribution in [0.2, 0.25) is 0 Å². The van der Waals surface area contributed by atoms with E-state index >= 15 is 0 Å². The maximum Gasteiger partial charge on any atom is 0.335 e. The van der Waals surface area contributed by atoms with E-state index in [1.165, 1.54) is 37.3 Å².